The predicted octanol–water partition coefficient (Wildman–Crippen LogP) is 3.59. The van der Waals surface area contributed by atoms with Crippen molar-refractivity contribution in [3.05, 3.63) is 42.0 Å². The summed E-state index contributed by atoms with van der Waals surface area (Å²) in [6.07, 6.45) is 4.58. The lowest BCUT2D eigenvalue weighted by Gasteiger charge is -2.24. The Kier molecular flexibility index (Phi) is 4.96. The molecule has 1 aliphatic rings. The Hall–Kier alpha value is -1.58. The Labute approximate surface area is 132 Å². The number of hydrogen-bond acceptors (Lipinski definition) is 3. The maximum atomic E-state index is 9.03. The van der Waals surface area contributed by atoms with Crippen molar-refractivity contribution in [3.63, 3.8) is 0 Å². The minimum Gasteiger partial charge on any atom is -0.497 e. The van der Waals surface area contributed by atoms with Gasteiger partial charge in [0.1, 0.15) is 5.75 Å². The Balaban J connectivity index is 1.73. The van der Waals surface area contributed by atoms with Crippen molar-refractivity contribution in [3.8, 4) is 5.75 Å². The van der Waals surface area contributed by atoms with Gasteiger partial charge in [-0.25, -0.2) is 0 Å². The van der Waals surface area contributed by atoms with Gasteiger partial charge in [-0.15, -0.1) is 0 Å². The number of aliphatic hydroxyl groups excluding tert-OH is 1. The Morgan fingerprint density at radius 2 is 2.00 bits per heavy atom. The van der Waals surface area contributed by atoms with Crippen molar-refractivity contribution in [2.75, 3.05) is 20.3 Å². The van der Waals surface area contributed by atoms with Gasteiger partial charge in [0.15, 0.2) is 0 Å². The topological polar surface area (TPSA) is 32.7 Å². The summed E-state index contributed by atoms with van der Waals surface area (Å²) in [5, 5.41) is 11.5. The summed E-state index contributed by atoms with van der Waals surface area (Å²) in [4.78, 5) is 2.57. The Morgan fingerprint density at radius 3 is 2.82 bits per heavy atom. The molecule has 3 rings (SSSR count). The lowest BCUT2D eigenvalue weighted by atomic mass is 10.1. The fourth-order valence-electron chi connectivity index (χ4n) is 3.49. The summed E-state index contributed by atoms with van der Waals surface area (Å²) in [7, 11) is 1.70. The fraction of sp³-hybridized carbons (Fsp3) is 0.474. The highest BCUT2D eigenvalue weighted by Crippen LogP contribution is 2.26. The lowest BCUT2D eigenvalue weighted by Crippen LogP contribution is -2.29. The summed E-state index contributed by atoms with van der Waals surface area (Å²) in [5.41, 5.74) is 1.37. The Bertz CT molecular complexity index is 626. The molecule has 0 aromatic heterocycles. The third-order valence-electron chi connectivity index (χ3n) is 4.69. The molecule has 1 aliphatic heterocycles. The molecule has 118 valence electrons. The van der Waals surface area contributed by atoms with Crippen LogP contribution in [0.15, 0.2) is 36.4 Å². The third-order valence-corrected chi connectivity index (χ3v) is 4.69. The number of fused-ring (bicyclic) bond motifs is 1. The van der Waals surface area contributed by atoms with Gasteiger partial charge in [0.05, 0.1) is 7.11 Å². The van der Waals surface area contributed by atoms with Gasteiger partial charge in [-0.2, -0.15) is 0 Å². The number of likely N-dealkylation sites (tertiary alicyclic amines) is 1. The third kappa shape index (κ3) is 3.42. The SMILES string of the molecule is COc1ccc2cc(CN3CCCC3CCCO)ccc2c1. The molecule has 2 aromatic carbocycles. The number of rotatable bonds is 6. The van der Waals surface area contributed by atoms with E-state index >= 15 is 0 Å². The molecule has 3 nitrogen and oxygen atoms in total. The zero-order valence-corrected chi connectivity index (χ0v) is 13.3. The van der Waals surface area contributed by atoms with Gasteiger partial charge in [-0.3, -0.25) is 4.90 Å². The van der Waals surface area contributed by atoms with Crippen LogP contribution in [-0.4, -0.2) is 36.3 Å². The van der Waals surface area contributed by atoms with Crippen molar-refractivity contribution in [1.82, 2.24) is 4.90 Å². The van der Waals surface area contributed by atoms with E-state index in [2.05, 4.69) is 35.2 Å². The number of hydrogen-bond donors (Lipinski definition) is 1. The van der Waals surface area contributed by atoms with Crippen LogP contribution in [0, 0.1) is 0 Å². The van der Waals surface area contributed by atoms with Gasteiger partial charge in [-0.05, 0) is 66.8 Å². The fourth-order valence-corrected chi connectivity index (χ4v) is 3.49. The van der Waals surface area contributed by atoms with E-state index in [0.717, 1.165) is 25.1 Å². The van der Waals surface area contributed by atoms with Crippen LogP contribution < -0.4 is 4.74 Å². The van der Waals surface area contributed by atoms with Crippen molar-refractivity contribution < 1.29 is 9.84 Å². The van der Waals surface area contributed by atoms with Gasteiger partial charge in [0, 0.05) is 19.2 Å². The molecule has 1 unspecified atom stereocenters. The largest absolute Gasteiger partial charge is 0.497 e. The van der Waals surface area contributed by atoms with Crippen LogP contribution in [0.4, 0.5) is 0 Å². The van der Waals surface area contributed by atoms with Crippen LogP contribution >= 0.6 is 0 Å². The van der Waals surface area contributed by atoms with Crippen LogP contribution in [0.1, 0.15) is 31.2 Å². The van der Waals surface area contributed by atoms with Crippen LogP contribution in [-0.2, 0) is 6.54 Å². The summed E-state index contributed by atoms with van der Waals surface area (Å²) >= 11 is 0. The van der Waals surface area contributed by atoms with Crippen LogP contribution in [0.25, 0.3) is 10.8 Å². The van der Waals surface area contributed by atoms with E-state index in [9.17, 15) is 0 Å². The standard InChI is InChI=1S/C19H25NO2/c1-22-19-9-8-16-12-15(6-7-17(16)13-19)14-20-10-2-4-18(20)5-3-11-21/h6-9,12-13,18,21H,2-5,10-11,14H2,1H3. The van der Waals surface area contributed by atoms with Crippen molar-refractivity contribution in [2.45, 2.75) is 38.3 Å². The number of aliphatic hydroxyl groups is 1. The first-order valence-electron chi connectivity index (χ1n) is 8.22. The molecule has 0 bridgehead atoms. The second-order valence-corrected chi connectivity index (χ2v) is 6.18. The molecule has 1 heterocycles. The predicted molar refractivity (Wildman–Crippen MR) is 90.3 cm³/mol. The summed E-state index contributed by atoms with van der Waals surface area (Å²) in [6.45, 7) is 2.50. The van der Waals surface area contributed by atoms with Crippen LogP contribution in [0.3, 0.4) is 0 Å². The normalized spacial score (nSPS) is 18.9. The van der Waals surface area contributed by atoms with E-state index in [0.29, 0.717) is 12.6 Å². The second-order valence-electron chi connectivity index (χ2n) is 6.18. The second kappa shape index (κ2) is 7.12. The van der Waals surface area contributed by atoms with E-state index in [4.69, 9.17) is 9.84 Å². The lowest BCUT2D eigenvalue weighted by molar-refractivity contribution is 0.210. The minimum atomic E-state index is 0.308. The van der Waals surface area contributed by atoms with Gasteiger partial charge in [-0.1, -0.05) is 18.2 Å². The molecule has 1 saturated heterocycles. The molecule has 2 aromatic rings. The first-order valence-corrected chi connectivity index (χ1v) is 8.22. The van der Waals surface area contributed by atoms with E-state index in [1.807, 2.05) is 6.07 Å². The zero-order chi connectivity index (χ0) is 15.4. The van der Waals surface area contributed by atoms with Gasteiger partial charge in [0.2, 0.25) is 0 Å². The highest BCUT2D eigenvalue weighted by molar-refractivity contribution is 5.84. The van der Waals surface area contributed by atoms with E-state index < -0.39 is 0 Å². The molecule has 3 heteroatoms. The van der Waals surface area contributed by atoms with E-state index in [1.165, 1.54) is 35.7 Å². The average molecular weight is 299 g/mol. The summed E-state index contributed by atoms with van der Waals surface area (Å²) in [5.74, 6) is 0.906. The average Bonchev–Trinajstić information content (AvgIpc) is 2.99. The Morgan fingerprint density at radius 1 is 1.18 bits per heavy atom. The van der Waals surface area contributed by atoms with Crippen LogP contribution in [0.5, 0.6) is 5.75 Å². The molecule has 0 radical (unpaired) electrons. The molecule has 0 saturated carbocycles. The van der Waals surface area contributed by atoms with Crippen molar-refractivity contribution in [2.24, 2.45) is 0 Å². The maximum absolute atomic E-state index is 9.03. The molecular weight excluding hydrogens is 274 g/mol. The summed E-state index contributed by atoms with van der Waals surface area (Å²) in [6, 6.07) is 13.6. The first-order chi connectivity index (χ1) is 10.8. The minimum absolute atomic E-state index is 0.308. The van der Waals surface area contributed by atoms with Gasteiger partial charge in [0.25, 0.3) is 0 Å². The zero-order valence-electron chi connectivity index (χ0n) is 13.3. The van der Waals surface area contributed by atoms with Crippen molar-refractivity contribution >= 4 is 10.8 Å². The highest BCUT2D eigenvalue weighted by atomic mass is 16.5. The van der Waals surface area contributed by atoms with E-state index in [-0.39, 0.29) is 0 Å². The highest BCUT2D eigenvalue weighted by Gasteiger charge is 2.23. The van der Waals surface area contributed by atoms with Gasteiger partial charge < -0.3 is 9.84 Å². The smallest absolute Gasteiger partial charge is 0.119 e. The quantitative estimate of drug-likeness (QED) is 0.885. The molecule has 0 spiro atoms. The number of nitrogens with zero attached hydrogens (tertiary/aromatic N) is 1. The number of benzene rings is 2. The first kappa shape index (κ1) is 15.3. The molecule has 0 amide bonds. The van der Waals surface area contributed by atoms with E-state index in [1.54, 1.807) is 7.11 Å². The van der Waals surface area contributed by atoms with Crippen molar-refractivity contribution in [1.29, 1.82) is 0 Å². The monoisotopic (exact) mass is 299 g/mol. The maximum Gasteiger partial charge on any atom is 0.119 e. The molecule has 1 fully saturated rings. The number of methoxy groups -OCH3 is 1. The number of ether oxygens (including phenoxy) is 1. The molecule has 1 atom stereocenters. The molecule has 22 heavy (non-hydrogen) atoms. The molecular formula is C19H25NO2. The molecule has 1 N–H and O–H groups in total. The van der Waals surface area contributed by atoms with Crippen LogP contribution in [0.2, 0.25) is 0 Å². The van der Waals surface area contributed by atoms with Gasteiger partial charge >= 0.3 is 0 Å². The summed E-state index contributed by atoms with van der Waals surface area (Å²) < 4.78 is 5.28. The molecule has 0 aliphatic carbocycles.